The molecule has 3 rings (SSSR count). The average molecular weight is 283 g/mol. The minimum absolute atomic E-state index is 0.114. The van der Waals surface area contributed by atoms with Crippen LogP contribution in [0, 0.1) is 0 Å². The number of ether oxygens (including phenoxy) is 2. The fourth-order valence-electron chi connectivity index (χ4n) is 2.27. The number of carbonyl (C=O) groups excluding carboxylic acids is 1. The smallest absolute Gasteiger partial charge is 0.253 e. The molecular formula is C17H17NO3. The van der Waals surface area contributed by atoms with Crippen LogP contribution in [0.2, 0.25) is 0 Å². The molecular weight excluding hydrogens is 266 g/mol. The molecule has 4 nitrogen and oxygen atoms in total. The highest BCUT2D eigenvalue weighted by atomic mass is 16.5. The van der Waals surface area contributed by atoms with E-state index in [0.29, 0.717) is 18.0 Å². The van der Waals surface area contributed by atoms with Gasteiger partial charge >= 0.3 is 0 Å². The Morgan fingerprint density at radius 2 is 1.86 bits per heavy atom. The molecule has 0 radical (unpaired) electrons. The number of nitrogens with one attached hydrogen (secondary N) is 1. The van der Waals surface area contributed by atoms with Crippen LogP contribution in [0.4, 0.5) is 5.69 Å². The van der Waals surface area contributed by atoms with E-state index in [9.17, 15) is 4.79 Å². The molecule has 0 bridgehead atoms. The van der Waals surface area contributed by atoms with Crippen molar-refractivity contribution >= 4 is 11.6 Å². The average Bonchev–Trinajstić information content (AvgIpc) is 3.05. The summed E-state index contributed by atoms with van der Waals surface area (Å²) >= 11 is 0. The molecule has 1 saturated heterocycles. The Kier molecular flexibility index (Phi) is 4.17. The monoisotopic (exact) mass is 283 g/mol. The third-order valence-electron chi connectivity index (χ3n) is 3.34. The molecule has 1 N–H and O–H groups in total. The van der Waals surface area contributed by atoms with Gasteiger partial charge in [0.1, 0.15) is 11.9 Å². The van der Waals surface area contributed by atoms with Gasteiger partial charge in [0.15, 0.2) is 5.75 Å². The second kappa shape index (κ2) is 6.41. The quantitative estimate of drug-likeness (QED) is 0.932. The molecule has 2 aromatic rings. The van der Waals surface area contributed by atoms with E-state index in [-0.39, 0.29) is 12.0 Å². The van der Waals surface area contributed by atoms with E-state index in [1.54, 1.807) is 0 Å². The predicted octanol–water partition coefficient (Wildman–Crippen LogP) is 3.60. The minimum Gasteiger partial charge on any atom is -0.455 e. The van der Waals surface area contributed by atoms with E-state index in [1.807, 2.05) is 54.6 Å². The Labute approximate surface area is 123 Å². The molecule has 2 aromatic carbocycles. The van der Waals surface area contributed by atoms with Crippen LogP contribution in [0.25, 0.3) is 0 Å². The third kappa shape index (κ3) is 3.41. The lowest BCUT2D eigenvalue weighted by atomic mass is 10.2. The molecule has 1 aliphatic rings. The van der Waals surface area contributed by atoms with Gasteiger partial charge in [-0.2, -0.15) is 0 Å². The van der Waals surface area contributed by atoms with E-state index in [0.717, 1.165) is 18.6 Å². The first-order valence-corrected chi connectivity index (χ1v) is 7.07. The summed E-state index contributed by atoms with van der Waals surface area (Å²) in [5.74, 6) is 1.24. The topological polar surface area (TPSA) is 47.6 Å². The van der Waals surface area contributed by atoms with Gasteiger partial charge < -0.3 is 14.8 Å². The summed E-state index contributed by atoms with van der Waals surface area (Å²) in [5.41, 5.74) is 0.654. The molecule has 0 aromatic heterocycles. The predicted molar refractivity (Wildman–Crippen MR) is 80.6 cm³/mol. The summed E-state index contributed by atoms with van der Waals surface area (Å²) in [6.07, 6.45) is 1.35. The van der Waals surface area contributed by atoms with Crippen molar-refractivity contribution in [2.75, 3.05) is 11.9 Å². The first kappa shape index (κ1) is 13.6. The SMILES string of the molecule is O=C(Nc1ccccc1Oc1ccccc1)C1CCCO1. The van der Waals surface area contributed by atoms with Gasteiger partial charge in [-0.05, 0) is 37.1 Å². The zero-order chi connectivity index (χ0) is 14.5. The summed E-state index contributed by atoms with van der Waals surface area (Å²) in [6.45, 7) is 0.653. The van der Waals surface area contributed by atoms with E-state index in [1.165, 1.54) is 0 Å². The van der Waals surface area contributed by atoms with Gasteiger partial charge in [-0.1, -0.05) is 30.3 Å². The van der Waals surface area contributed by atoms with Crippen LogP contribution in [-0.2, 0) is 9.53 Å². The zero-order valence-corrected chi connectivity index (χ0v) is 11.6. The van der Waals surface area contributed by atoms with Crippen LogP contribution >= 0.6 is 0 Å². The van der Waals surface area contributed by atoms with Crippen molar-refractivity contribution in [2.24, 2.45) is 0 Å². The molecule has 1 atom stereocenters. The maximum atomic E-state index is 12.1. The normalized spacial score (nSPS) is 17.4. The fourth-order valence-corrected chi connectivity index (χ4v) is 2.27. The third-order valence-corrected chi connectivity index (χ3v) is 3.34. The number of anilines is 1. The van der Waals surface area contributed by atoms with Crippen molar-refractivity contribution < 1.29 is 14.3 Å². The summed E-state index contributed by atoms with van der Waals surface area (Å²) in [4.78, 5) is 12.1. The van der Waals surface area contributed by atoms with E-state index >= 15 is 0 Å². The maximum Gasteiger partial charge on any atom is 0.253 e. The van der Waals surface area contributed by atoms with Crippen molar-refractivity contribution in [3.05, 3.63) is 54.6 Å². The summed E-state index contributed by atoms with van der Waals surface area (Å²) in [7, 11) is 0. The second-order valence-electron chi connectivity index (χ2n) is 4.90. The molecule has 108 valence electrons. The lowest BCUT2D eigenvalue weighted by Gasteiger charge is -2.14. The van der Waals surface area contributed by atoms with Gasteiger partial charge in [0, 0.05) is 6.61 Å². The van der Waals surface area contributed by atoms with Crippen LogP contribution in [0.15, 0.2) is 54.6 Å². The Hall–Kier alpha value is -2.33. The molecule has 21 heavy (non-hydrogen) atoms. The summed E-state index contributed by atoms with van der Waals surface area (Å²) in [6, 6.07) is 16.9. The van der Waals surface area contributed by atoms with Crippen molar-refractivity contribution in [2.45, 2.75) is 18.9 Å². The highest BCUT2D eigenvalue weighted by Gasteiger charge is 2.24. The Morgan fingerprint density at radius 3 is 2.62 bits per heavy atom. The molecule has 1 unspecified atom stereocenters. The van der Waals surface area contributed by atoms with Crippen LogP contribution in [-0.4, -0.2) is 18.6 Å². The molecule has 1 heterocycles. The maximum absolute atomic E-state index is 12.1. The first-order valence-electron chi connectivity index (χ1n) is 7.07. The Balaban J connectivity index is 1.74. The molecule has 0 saturated carbocycles. The van der Waals surface area contributed by atoms with Gasteiger partial charge in [-0.3, -0.25) is 4.79 Å². The van der Waals surface area contributed by atoms with Gasteiger partial charge in [-0.15, -0.1) is 0 Å². The van der Waals surface area contributed by atoms with Gasteiger partial charge in [0.2, 0.25) is 0 Å². The molecule has 0 aliphatic carbocycles. The van der Waals surface area contributed by atoms with Crippen molar-refractivity contribution in [3.63, 3.8) is 0 Å². The van der Waals surface area contributed by atoms with E-state index < -0.39 is 0 Å². The highest BCUT2D eigenvalue weighted by Crippen LogP contribution is 2.29. The number of hydrogen-bond donors (Lipinski definition) is 1. The number of rotatable bonds is 4. The molecule has 4 heteroatoms. The molecule has 1 aliphatic heterocycles. The van der Waals surface area contributed by atoms with Crippen LogP contribution in [0.3, 0.4) is 0 Å². The number of para-hydroxylation sites is 3. The highest BCUT2D eigenvalue weighted by molar-refractivity contribution is 5.95. The van der Waals surface area contributed by atoms with Crippen LogP contribution in [0.5, 0.6) is 11.5 Å². The Morgan fingerprint density at radius 1 is 1.10 bits per heavy atom. The zero-order valence-electron chi connectivity index (χ0n) is 11.6. The van der Waals surface area contributed by atoms with E-state index in [4.69, 9.17) is 9.47 Å². The van der Waals surface area contributed by atoms with Crippen LogP contribution in [0.1, 0.15) is 12.8 Å². The lowest BCUT2D eigenvalue weighted by molar-refractivity contribution is -0.124. The van der Waals surface area contributed by atoms with Gasteiger partial charge in [-0.25, -0.2) is 0 Å². The molecule has 1 fully saturated rings. The van der Waals surface area contributed by atoms with Crippen LogP contribution < -0.4 is 10.1 Å². The number of benzene rings is 2. The number of hydrogen-bond acceptors (Lipinski definition) is 3. The number of carbonyl (C=O) groups is 1. The molecule has 1 amide bonds. The first-order chi connectivity index (χ1) is 10.3. The van der Waals surface area contributed by atoms with Crippen molar-refractivity contribution in [1.29, 1.82) is 0 Å². The minimum atomic E-state index is -0.352. The summed E-state index contributed by atoms with van der Waals surface area (Å²) in [5, 5.41) is 2.88. The van der Waals surface area contributed by atoms with E-state index in [2.05, 4.69) is 5.32 Å². The standard InChI is InChI=1S/C17H17NO3/c19-17(16-11-6-12-20-16)18-14-9-4-5-10-15(14)21-13-7-2-1-3-8-13/h1-5,7-10,16H,6,11-12H2,(H,18,19). The lowest BCUT2D eigenvalue weighted by Crippen LogP contribution is -2.26. The molecule has 0 spiro atoms. The van der Waals surface area contributed by atoms with Crippen molar-refractivity contribution in [3.8, 4) is 11.5 Å². The van der Waals surface area contributed by atoms with Gasteiger partial charge in [0.25, 0.3) is 5.91 Å². The van der Waals surface area contributed by atoms with Gasteiger partial charge in [0.05, 0.1) is 5.69 Å². The largest absolute Gasteiger partial charge is 0.455 e. The number of amides is 1. The Bertz CT molecular complexity index is 606. The second-order valence-corrected chi connectivity index (χ2v) is 4.90. The van der Waals surface area contributed by atoms with Crippen molar-refractivity contribution in [1.82, 2.24) is 0 Å². The summed E-state index contributed by atoms with van der Waals surface area (Å²) < 4.78 is 11.2. The fraction of sp³-hybridized carbons (Fsp3) is 0.235.